The highest BCUT2D eigenvalue weighted by atomic mass is 32.2. The van der Waals surface area contributed by atoms with Gasteiger partial charge in [-0.15, -0.1) is 0 Å². The lowest BCUT2D eigenvalue weighted by Crippen LogP contribution is -2.49. The average molecular weight is 403 g/mol. The lowest BCUT2D eigenvalue weighted by atomic mass is 10.1. The number of nitrogens with one attached hydrogen (secondary N) is 1. The molecule has 0 aromatic heterocycles. The Morgan fingerprint density at radius 2 is 1.54 bits per heavy atom. The van der Waals surface area contributed by atoms with E-state index in [-0.39, 0.29) is 11.9 Å². The van der Waals surface area contributed by atoms with E-state index in [0.29, 0.717) is 12.1 Å². The van der Waals surface area contributed by atoms with Crippen LogP contribution >= 0.6 is 0 Å². The Kier molecular flexibility index (Phi) is 6.88. The zero-order valence-electron chi connectivity index (χ0n) is 17.5. The molecule has 0 aliphatic heterocycles. The van der Waals surface area contributed by atoms with Gasteiger partial charge in [-0.05, 0) is 62.9 Å². The third kappa shape index (κ3) is 5.35. The van der Waals surface area contributed by atoms with Crippen molar-refractivity contribution in [3.8, 4) is 0 Å². The summed E-state index contributed by atoms with van der Waals surface area (Å²) in [6.07, 6.45) is 1.51. The van der Waals surface area contributed by atoms with E-state index < -0.39 is 16.1 Å². The number of rotatable bonds is 7. The maximum Gasteiger partial charge on any atom is 0.244 e. The second-order valence-corrected chi connectivity index (χ2v) is 9.33. The highest BCUT2D eigenvalue weighted by molar-refractivity contribution is 7.92. The van der Waals surface area contributed by atoms with Crippen molar-refractivity contribution in [2.24, 2.45) is 0 Å². The van der Waals surface area contributed by atoms with E-state index in [1.807, 2.05) is 65.0 Å². The van der Waals surface area contributed by atoms with Gasteiger partial charge in [0.1, 0.15) is 6.04 Å². The zero-order chi connectivity index (χ0) is 21.1. The van der Waals surface area contributed by atoms with Crippen molar-refractivity contribution in [2.75, 3.05) is 10.6 Å². The SMILES string of the molecule is CC[C@@H](C(=O)N[C@@H](C)c1ccc(C)cc1)N(c1cc(C)cc(C)c1)S(C)(=O)=O. The Labute approximate surface area is 168 Å². The van der Waals surface area contributed by atoms with Gasteiger partial charge >= 0.3 is 0 Å². The van der Waals surface area contributed by atoms with E-state index in [1.54, 1.807) is 12.1 Å². The summed E-state index contributed by atoms with van der Waals surface area (Å²) in [6.45, 7) is 9.56. The predicted octanol–water partition coefficient (Wildman–Crippen LogP) is 4.03. The molecule has 0 aliphatic rings. The Hall–Kier alpha value is -2.34. The molecule has 152 valence electrons. The average Bonchev–Trinajstić information content (AvgIpc) is 2.57. The number of carbonyl (C=O) groups is 1. The van der Waals surface area contributed by atoms with E-state index in [2.05, 4.69) is 5.32 Å². The molecule has 0 aliphatic carbocycles. The summed E-state index contributed by atoms with van der Waals surface area (Å²) in [5.74, 6) is -0.305. The number of sulfonamides is 1. The highest BCUT2D eigenvalue weighted by Gasteiger charge is 2.32. The summed E-state index contributed by atoms with van der Waals surface area (Å²) in [7, 11) is -3.64. The lowest BCUT2D eigenvalue weighted by molar-refractivity contribution is -0.122. The highest BCUT2D eigenvalue weighted by Crippen LogP contribution is 2.25. The summed E-state index contributed by atoms with van der Waals surface area (Å²) in [5.41, 5.74) is 4.54. The predicted molar refractivity (Wildman–Crippen MR) is 115 cm³/mol. The number of hydrogen-bond donors (Lipinski definition) is 1. The van der Waals surface area contributed by atoms with Crippen molar-refractivity contribution < 1.29 is 13.2 Å². The van der Waals surface area contributed by atoms with E-state index in [1.165, 1.54) is 4.31 Å². The van der Waals surface area contributed by atoms with Gasteiger partial charge in [-0.1, -0.05) is 42.8 Å². The number of benzene rings is 2. The monoisotopic (exact) mass is 402 g/mol. The quantitative estimate of drug-likeness (QED) is 0.760. The smallest absolute Gasteiger partial charge is 0.244 e. The summed E-state index contributed by atoms with van der Waals surface area (Å²) in [6, 6.07) is 12.5. The van der Waals surface area contributed by atoms with Gasteiger partial charge in [0.15, 0.2) is 0 Å². The third-order valence-corrected chi connectivity index (χ3v) is 5.91. The van der Waals surface area contributed by atoms with Gasteiger partial charge in [-0.3, -0.25) is 9.10 Å². The summed E-state index contributed by atoms with van der Waals surface area (Å²) < 4.78 is 26.4. The van der Waals surface area contributed by atoms with Crippen LogP contribution in [-0.2, 0) is 14.8 Å². The largest absolute Gasteiger partial charge is 0.348 e. The number of aryl methyl sites for hydroxylation is 3. The standard InChI is InChI=1S/C22H30N2O3S/c1-7-21(22(25)23-18(5)19-10-8-15(2)9-11-19)24(28(6,26)27)20-13-16(3)12-17(4)14-20/h8-14,18,21H,7H2,1-6H3,(H,23,25)/t18-,21-/m0/s1. The van der Waals surface area contributed by atoms with Crippen molar-refractivity contribution >= 4 is 21.6 Å². The second kappa shape index (κ2) is 8.78. The minimum atomic E-state index is -3.64. The Bertz CT molecular complexity index is 917. The van der Waals surface area contributed by atoms with Crippen LogP contribution in [0.5, 0.6) is 0 Å². The van der Waals surface area contributed by atoms with Gasteiger partial charge in [-0.2, -0.15) is 0 Å². The number of amides is 1. The molecule has 0 fully saturated rings. The van der Waals surface area contributed by atoms with Crippen LogP contribution in [0.25, 0.3) is 0 Å². The van der Waals surface area contributed by atoms with Crippen molar-refractivity contribution in [2.45, 2.75) is 53.1 Å². The van der Waals surface area contributed by atoms with Crippen LogP contribution in [0.2, 0.25) is 0 Å². The number of nitrogens with zero attached hydrogens (tertiary/aromatic N) is 1. The van der Waals surface area contributed by atoms with E-state index in [9.17, 15) is 13.2 Å². The fraction of sp³-hybridized carbons (Fsp3) is 0.409. The topological polar surface area (TPSA) is 66.5 Å². The molecular weight excluding hydrogens is 372 g/mol. The molecule has 28 heavy (non-hydrogen) atoms. The van der Waals surface area contributed by atoms with Crippen LogP contribution < -0.4 is 9.62 Å². The second-order valence-electron chi connectivity index (χ2n) is 7.47. The van der Waals surface area contributed by atoms with E-state index >= 15 is 0 Å². The van der Waals surface area contributed by atoms with Crippen LogP contribution in [0.3, 0.4) is 0 Å². The van der Waals surface area contributed by atoms with Crippen LogP contribution in [0.1, 0.15) is 48.6 Å². The molecule has 6 heteroatoms. The molecule has 2 rings (SSSR count). The van der Waals surface area contributed by atoms with Gasteiger partial charge in [0.2, 0.25) is 15.9 Å². The summed E-state index contributed by atoms with van der Waals surface area (Å²) >= 11 is 0. The van der Waals surface area contributed by atoms with Gasteiger partial charge < -0.3 is 5.32 Å². The molecular formula is C22H30N2O3S. The maximum absolute atomic E-state index is 13.0. The molecule has 0 saturated heterocycles. The Morgan fingerprint density at radius 1 is 1.00 bits per heavy atom. The first kappa shape index (κ1) is 22.0. The number of carbonyl (C=O) groups excluding carboxylic acids is 1. The molecule has 0 radical (unpaired) electrons. The van der Waals surface area contributed by atoms with Gasteiger partial charge in [0.25, 0.3) is 0 Å². The zero-order valence-corrected chi connectivity index (χ0v) is 18.3. The first-order valence-corrected chi connectivity index (χ1v) is 11.3. The van der Waals surface area contributed by atoms with Crippen LogP contribution in [0.15, 0.2) is 42.5 Å². The minimum Gasteiger partial charge on any atom is -0.348 e. The van der Waals surface area contributed by atoms with Crippen LogP contribution in [0, 0.1) is 20.8 Å². The summed E-state index contributed by atoms with van der Waals surface area (Å²) in [4.78, 5) is 13.0. The molecule has 2 aromatic carbocycles. The molecule has 0 spiro atoms. The van der Waals surface area contributed by atoms with Crippen LogP contribution in [0.4, 0.5) is 5.69 Å². The van der Waals surface area contributed by atoms with Gasteiger partial charge in [-0.25, -0.2) is 8.42 Å². The molecule has 2 atom stereocenters. The normalized spacial score (nSPS) is 13.6. The number of anilines is 1. The molecule has 0 bridgehead atoms. The van der Waals surface area contributed by atoms with Crippen LogP contribution in [-0.4, -0.2) is 26.6 Å². The molecule has 0 heterocycles. The molecule has 1 N–H and O–H groups in total. The van der Waals surface area contributed by atoms with Gasteiger partial charge in [0, 0.05) is 0 Å². The maximum atomic E-state index is 13.0. The summed E-state index contributed by atoms with van der Waals surface area (Å²) in [5, 5.41) is 2.97. The fourth-order valence-electron chi connectivity index (χ4n) is 3.39. The molecule has 0 unspecified atom stereocenters. The lowest BCUT2D eigenvalue weighted by Gasteiger charge is -2.31. The minimum absolute atomic E-state index is 0.220. The molecule has 5 nitrogen and oxygen atoms in total. The Balaban J connectivity index is 2.34. The van der Waals surface area contributed by atoms with Crippen molar-refractivity contribution in [3.05, 3.63) is 64.7 Å². The van der Waals surface area contributed by atoms with Crippen molar-refractivity contribution in [1.82, 2.24) is 5.32 Å². The number of hydrogen-bond acceptors (Lipinski definition) is 3. The van der Waals surface area contributed by atoms with E-state index in [4.69, 9.17) is 0 Å². The molecule has 0 saturated carbocycles. The molecule has 2 aromatic rings. The van der Waals surface area contributed by atoms with Gasteiger partial charge in [0.05, 0.1) is 18.0 Å². The third-order valence-electron chi connectivity index (χ3n) is 4.73. The van der Waals surface area contributed by atoms with Crippen molar-refractivity contribution in [1.29, 1.82) is 0 Å². The first-order valence-electron chi connectivity index (χ1n) is 9.47. The van der Waals surface area contributed by atoms with Crippen molar-refractivity contribution in [3.63, 3.8) is 0 Å². The first-order chi connectivity index (χ1) is 13.0. The molecule has 1 amide bonds. The Morgan fingerprint density at radius 3 is 2.00 bits per heavy atom. The van der Waals surface area contributed by atoms with E-state index in [0.717, 1.165) is 28.5 Å². The fourth-order valence-corrected chi connectivity index (χ4v) is 4.58.